The number of carbonyl (C=O) groups excluding carboxylic acids is 2. The molecule has 0 aliphatic heterocycles. The Bertz CT molecular complexity index is 1160. The molecule has 29 heavy (non-hydrogen) atoms. The fraction of sp³-hybridized carbons (Fsp3) is 0.136. The van der Waals surface area contributed by atoms with Gasteiger partial charge in [-0.3, -0.25) is 14.9 Å². The quantitative estimate of drug-likeness (QED) is 0.490. The fourth-order valence-electron chi connectivity index (χ4n) is 3.16. The zero-order valence-corrected chi connectivity index (χ0v) is 16.6. The van der Waals surface area contributed by atoms with E-state index < -0.39 is 0 Å². The number of hydrogen-bond donors (Lipinski definition) is 1. The first-order chi connectivity index (χ1) is 14.1. The second kappa shape index (κ2) is 8.28. The van der Waals surface area contributed by atoms with Crippen molar-refractivity contribution < 1.29 is 14.3 Å². The topological polar surface area (TPSA) is 73.2 Å². The molecule has 0 bridgehead atoms. The summed E-state index contributed by atoms with van der Waals surface area (Å²) in [5.41, 5.74) is 3.23. The molecule has 6 nitrogen and oxygen atoms in total. The molecule has 7 heteroatoms. The smallest absolute Gasteiger partial charge is 0.311 e. The van der Waals surface area contributed by atoms with Crippen molar-refractivity contribution in [2.24, 2.45) is 0 Å². The number of ether oxygens (including phenoxy) is 1. The van der Waals surface area contributed by atoms with E-state index in [0.717, 1.165) is 16.5 Å². The van der Waals surface area contributed by atoms with E-state index in [4.69, 9.17) is 0 Å². The summed E-state index contributed by atoms with van der Waals surface area (Å²) >= 11 is 1.28. The highest BCUT2D eigenvalue weighted by Crippen LogP contribution is 2.23. The van der Waals surface area contributed by atoms with Gasteiger partial charge >= 0.3 is 5.97 Å². The van der Waals surface area contributed by atoms with Crippen LogP contribution < -0.4 is 5.32 Å². The van der Waals surface area contributed by atoms with Crippen LogP contribution in [0.1, 0.15) is 21.7 Å². The van der Waals surface area contributed by atoms with E-state index in [1.165, 1.54) is 18.4 Å². The van der Waals surface area contributed by atoms with Gasteiger partial charge in [0, 0.05) is 22.8 Å². The highest BCUT2D eigenvalue weighted by atomic mass is 32.1. The van der Waals surface area contributed by atoms with Crippen molar-refractivity contribution in [2.45, 2.75) is 13.0 Å². The van der Waals surface area contributed by atoms with Gasteiger partial charge in [0.05, 0.1) is 19.2 Å². The van der Waals surface area contributed by atoms with Crippen molar-refractivity contribution in [3.63, 3.8) is 0 Å². The van der Waals surface area contributed by atoms with Crippen LogP contribution in [0.5, 0.6) is 0 Å². The molecule has 4 aromatic rings. The van der Waals surface area contributed by atoms with Gasteiger partial charge in [-0.25, -0.2) is 4.98 Å². The van der Waals surface area contributed by atoms with E-state index in [-0.39, 0.29) is 18.3 Å². The van der Waals surface area contributed by atoms with Crippen molar-refractivity contribution in [2.75, 3.05) is 12.4 Å². The van der Waals surface area contributed by atoms with Crippen LogP contribution in [0.3, 0.4) is 0 Å². The minimum Gasteiger partial charge on any atom is -0.469 e. The lowest BCUT2D eigenvalue weighted by Gasteiger charge is -2.10. The van der Waals surface area contributed by atoms with Crippen molar-refractivity contribution in [1.29, 1.82) is 0 Å². The number of fused-ring (bicyclic) bond motifs is 1. The van der Waals surface area contributed by atoms with Gasteiger partial charge in [-0.15, -0.1) is 11.3 Å². The van der Waals surface area contributed by atoms with Crippen LogP contribution in [0.15, 0.2) is 66.0 Å². The van der Waals surface area contributed by atoms with E-state index in [9.17, 15) is 9.59 Å². The largest absolute Gasteiger partial charge is 0.469 e. The van der Waals surface area contributed by atoms with Gasteiger partial charge in [0.25, 0.3) is 5.91 Å². The molecular weight excluding hydrogens is 386 g/mol. The van der Waals surface area contributed by atoms with Gasteiger partial charge in [-0.05, 0) is 17.7 Å². The Morgan fingerprint density at radius 3 is 2.66 bits per heavy atom. The van der Waals surface area contributed by atoms with Crippen LogP contribution in [-0.2, 0) is 22.5 Å². The molecule has 0 aliphatic carbocycles. The number of para-hydroxylation sites is 1. The Morgan fingerprint density at radius 1 is 1.10 bits per heavy atom. The SMILES string of the molecule is COC(=O)Cc1csc(NC(=O)c2cc3ccccc3n2Cc2ccccc2)n1. The normalized spacial score (nSPS) is 10.8. The number of carbonyl (C=O) groups is 2. The molecule has 4 rings (SSSR count). The maximum Gasteiger partial charge on any atom is 0.311 e. The van der Waals surface area contributed by atoms with Crippen molar-refractivity contribution in [3.05, 3.63) is 83.0 Å². The Morgan fingerprint density at radius 2 is 1.86 bits per heavy atom. The average Bonchev–Trinajstić information content (AvgIpc) is 3.33. The molecule has 0 radical (unpaired) electrons. The molecule has 146 valence electrons. The second-order valence-electron chi connectivity index (χ2n) is 6.51. The van der Waals surface area contributed by atoms with Crippen molar-refractivity contribution in [1.82, 2.24) is 9.55 Å². The predicted octanol–water partition coefficient (Wildman–Crippen LogP) is 4.11. The third-order valence-electron chi connectivity index (χ3n) is 4.55. The first-order valence-corrected chi connectivity index (χ1v) is 9.97. The van der Waals surface area contributed by atoms with Crippen LogP contribution in [0.4, 0.5) is 5.13 Å². The van der Waals surface area contributed by atoms with Gasteiger partial charge in [0.1, 0.15) is 5.69 Å². The third-order valence-corrected chi connectivity index (χ3v) is 5.36. The van der Waals surface area contributed by atoms with Crippen molar-refractivity contribution >= 4 is 39.2 Å². The molecule has 1 amide bonds. The lowest BCUT2D eigenvalue weighted by atomic mass is 10.2. The Balaban J connectivity index is 1.62. The number of nitrogens with zero attached hydrogens (tertiary/aromatic N) is 2. The van der Waals surface area contributed by atoms with Gasteiger partial charge < -0.3 is 9.30 Å². The lowest BCUT2D eigenvalue weighted by molar-refractivity contribution is -0.139. The average molecular weight is 405 g/mol. The summed E-state index contributed by atoms with van der Waals surface area (Å²) in [7, 11) is 1.34. The van der Waals surface area contributed by atoms with Crippen LogP contribution in [0.25, 0.3) is 10.9 Å². The Labute approximate surface area is 171 Å². The Kier molecular flexibility index (Phi) is 5.39. The number of hydrogen-bond acceptors (Lipinski definition) is 5. The molecule has 0 fully saturated rings. The number of rotatable bonds is 6. The molecule has 0 saturated heterocycles. The molecule has 2 heterocycles. The minimum absolute atomic E-state index is 0.0805. The highest BCUT2D eigenvalue weighted by molar-refractivity contribution is 7.14. The second-order valence-corrected chi connectivity index (χ2v) is 7.37. The fourth-order valence-corrected chi connectivity index (χ4v) is 3.87. The van der Waals surface area contributed by atoms with Crippen LogP contribution in [0, 0.1) is 0 Å². The maximum absolute atomic E-state index is 13.0. The van der Waals surface area contributed by atoms with Gasteiger partial charge in [-0.1, -0.05) is 48.5 Å². The Hall–Kier alpha value is -3.45. The number of anilines is 1. The molecule has 2 aromatic heterocycles. The summed E-state index contributed by atoms with van der Waals surface area (Å²) in [6, 6.07) is 19.8. The molecule has 0 aliphatic rings. The summed E-state index contributed by atoms with van der Waals surface area (Å²) in [4.78, 5) is 28.7. The molecule has 0 spiro atoms. The number of amides is 1. The minimum atomic E-state index is -0.365. The molecule has 0 saturated carbocycles. The summed E-state index contributed by atoms with van der Waals surface area (Å²) in [5.74, 6) is -0.604. The summed E-state index contributed by atoms with van der Waals surface area (Å²) in [6.45, 7) is 0.586. The van der Waals surface area contributed by atoms with E-state index in [0.29, 0.717) is 23.1 Å². The first kappa shape index (κ1) is 18.9. The summed E-state index contributed by atoms with van der Waals surface area (Å²) < 4.78 is 6.66. The third kappa shape index (κ3) is 4.20. The number of esters is 1. The zero-order valence-electron chi connectivity index (χ0n) is 15.8. The van der Waals surface area contributed by atoms with Crippen LogP contribution in [-0.4, -0.2) is 28.5 Å². The lowest BCUT2D eigenvalue weighted by Crippen LogP contribution is -2.17. The predicted molar refractivity (Wildman–Crippen MR) is 113 cm³/mol. The van der Waals surface area contributed by atoms with E-state index in [1.807, 2.05) is 65.2 Å². The maximum atomic E-state index is 13.0. The molecule has 0 unspecified atom stereocenters. The number of benzene rings is 2. The van der Waals surface area contributed by atoms with Gasteiger partial charge in [-0.2, -0.15) is 0 Å². The van der Waals surface area contributed by atoms with Crippen molar-refractivity contribution in [3.8, 4) is 0 Å². The number of methoxy groups -OCH3 is 1. The highest BCUT2D eigenvalue weighted by Gasteiger charge is 2.17. The number of nitrogens with one attached hydrogen (secondary N) is 1. The van der Waals surface area contributed by atoms with Gasteiger partial charge in [0.15, 0.2) is 5.13 Å². The van der Waals surface area contributed by atoms with E-state index in [1.54, 1.807) is 5.38 Å². The van der Waals surface area contributed by atoms with Crippen LogP contribution >= 0.6 is 11.3 Å². The molecule has 2 aromatic carbocycles. The summed E-state index contributed by atoms with van der Waals surface area (Å²) in [5, 5.41) is 6.04. The molecular formula is C22H19N3O3S. The zero-order chi connectivity index (χ0) is 20.2. The molecule has 1 N–H and O–H groups in total. The van der Waals surface area contributed by atoms with Gasteiger partial charge in [0.2, 0.25) is 0 Å². The number of thiazole rings is 1. The summed E-state index contributed by atoms with van der Waals surface area (Å²) in [6.07, 6.45) is 0.0805. The van der Waals surface area contributed by atoms with Crippen LogP contribution in [0.2, 0.25) is 0 Å². The molecule has 0 atom stereocenters. The number of aromatic nitrogens is 2. The van der Waals surface area contributed by atoms with E-state index >= 15 is 0 Å². The standard InChI is InChI=1S/C22H19N3O3S/c1-28-20(26)12-17-14-29-22(23-17)24-21(27)19-11-16-9-5-6-10-18(16)25(19)13-15-7-3-2-4-8-15/h2-11,14H,12-13H2,1H3,(H,23,24,27). The first-order valence-electron chi connectivity index (χ1n) is 9.09. The monoisotopic (exact) mass is 405 g/mol. The van der Waals surface area contributed by atoms with E-state index in [2.05, 4.69) is 15.0 Å².